The van der Waals surface area contributed by atoms with Gasteiger partial charge in [-0.25, -0.2) is 0 Å². The molecular formula is C20H14Cl2N4O2. The minimum Gasteiger partial charge on any atom is -0.497 e. The van der Waals surface area contributed by atoms with E-state index in [2.05, 4.69) is 16.3 Å². The third-order valence-corrected chi connectivity index (χ3v) is 5.42. The Labute approximate surface area is 171 Å². The summed E-state index contributed by atoms with van der Waals surface area (Å²) in [6.07, 6.45) is 0. The fraction of sp³-hybridized carbons (Fsp3) is 0.100. The molecule has 2 aromatic carbocycles. The molecule has 0 saturated heterocycles. The number of aromatic amines is 1. The van der Waals surface area contributed by atoms with Crippen molar-refractivity contribution in [3.05, 3.63) is 75.1 Å². The summed E-state index contributed by atoms with van der Waals surface area (Å²) in [5.41, 5.74) is 9.03. The van der Waals surface area contributed by atoms with Crippen LogP contribution in [0.15, 0.2) is 53.9 Å². The molecule has 28 heavy (non-hydrogen) atoms. The van der Waals surface area contributed by atoms with Crippen molar-refractivity contribution < 1.29 is 9.47 Å². The van der Waals surface area contributed by atoms with Crippen LogP contribution >= 0.6 is 23.2 Å². The van der Waals surface area contributed by atoms with Gasteiger partial charge in [0, 0.05) is 5.56 Å². The fourth-order valence-corrected chi connectivity index (χ4v) is 3.72. The van der Waals surface area contributed by atoms with E-state index >= 15 is 0 Å². The zero-order chi connectivity index (χ0) is 19.8. The summed E-state index contributed by atoms with van der Waals surface area (Å²) in [4.78, 5) is 0. The molecule has 0 fully saturated rings. The molecule has 4 rings (SSSR count). The first kappa shape index (κ1) is 18.2. The van der Waals surface area contributed by atoms with Crippen LogP contribution in [0.3, 0.4) is 0 Å². The Balaban J connectivity index is 1.98. The van der Waals surface area contributed by atoms with Gasteiger partial charge >= 0.3 is 0 Å². The number of allylic oxidation sites excluding steroid dienone is 1. The minimum atomic E-state index is -0.583. The zero-order valence-electron chi connectivity index (χ0n) is 14.7. The third kappa shape index (κ3) is 2.85. The highest BCUT2D eigenvalue weighted by Gasteiger charge is 2.37. The van der Waals surface area contributed by atoms with Gasteiger partial charge in [0.25, 0.3) is 0 Å². The van der Waals surface area contributed by atoms with E-state index in [4.69, 9.17) is 38.4 Å². The van der Waals surface area contributed by atoms with Crippen molar-refractivity contribution in [2.45, 2.75) is 5.92 Å². The van der Waals surface area contributed by atoms with Gasteiger partial charge < -0.3 is 15.2 Å². The molecule has 1 aromatic heterocycles. The van der Waals surface area contributed by atoms with E-state index in [1.54, 1.807) is 25.3 Å². The molecule has 0 bridgehead atoms. The smallest absolute Gasteiger partial charge is 0.244 e. The number of methoxy groups -OCH3 is 1. The number of nitrogens with two attached hydrogens (primary N) is 1. The number of hydrogen-bond donors (Lipinski definition) is 2. The maximum Gasteiger partial charge on any atom is 0.244 e. The Morgan fingerprint density at radius 3 is 2.79 bits per heavy atom. The number of nitrogens with zero attached hydrogens (tertiary/aromatic N) is 2. The van der Waals surface area contributed by atoms with Crippen molar-refractivity contribution in [2.24, 2.45) is 5.73 Å². The van der Waals surface area contributed by atoms with Crippen LogP contribution in [0, 0.1) is 11.3 Å². The van der Waals surface area contributed by atoms with Crippen molar-refractivity contribution in [3.8, 4) is 29.0 Å². The zero-order valence-corrected chi connectivity index (χ0v) is 16.2. The summed E-state index contributed by atoms with van der Waals surface area (Å²) in [7, 11) is 1.59. The standard InChI is InChI=1S/C20H14Cl2N4O2/c1-27-11-5-2-4-10(8-11)18-16-15(12-6-3-7-14(21)17(12)22)13(9-23)19(24)28-20(16)26-25-18/h2-8,15H,24H2,1H3,(H,25,26). The quantitative estimate of drug-likeness (QED) is 0.654. The molecule has 2 heterocycles. The molecule has 1 aliphatic heterocycles. The van der Waals surface area contributed by atoms with Crippen molar-refractivity contribution in [1.29, 1.82) is 5.26 Å². The maximum absolute atomic E-state index is 9.77. The normalized spacial score (nSPS) is 15.6. The topological polar surface area (TPSA) is 97.0 Å². The molecule has 3 N–H and O–H groups in total. The highest BCUT2D eigenvalue weighted by Crippen LogP contribution is 2.48. The van der Waals surface area contributed by atoms with Crippen LogP contribution in [0.2, 0.25) is 10.0 Å². The number of fused-ring (bicyclic) bond motifs is 1. The lowest BCUT2D eigenvalue weighted by Crippen LogP contribution is -2.21. The average Bonchev–Trinajstić information content (AvgIpc) is 3.12. The average molecular weight is 413 g/mol. The molecule has 0 amide bonds. The van der Waals surface area contributed by atoms with Crippen molar-refractivity contribution in [2.75, 3.05) is 7.11 Å². The van der Waals surface area contributed by atoms with E-state index in [-0.39, 0.29) is 17.3 Å². The van der Waals surface area contributed by atoms with E-state index in [0.29, 0.717) is 32.6 Å². The molecule has 140 valence electrons. The Hall–Kier alpha value is -3.14. The summed E-state index contributed by atoms with van der Waals surface area (Å²) in [5.74, 6) is 0.375. The lowest BCUT2D eigenvalue weighted by atomic mass is 9.83. The van der Waals surface area contributed by atoms with Crippen LogP contribution in [0.5, 0.6) is 11.6 Å². The van der Waals surface area contributed by atoms with Crippen LogP contribution in [0.1, 0.15) is 17.0 Å². The molecule has 3 aromatic rings. The Bertz CT molecular complexity index is 1150. The van der Waals surface area contributed by atoms with Crippen molar-refractivity contribution in [1.82, 2.24) is 10.2 Å². The van der Waals surface area contributed by atoms with Crippen LogP contribution < -0.4 is 15.2 Å². The van der Waals surface area contributed by atoms with Crippen LogP contribution in [-0.2, 0) is 0 Å². The van der Waals surface area contributed by atoms with Gasteiger partial charge in [0.15, 0.2) is 0 Å². The first-order valence-electron chi connectivity index (χ1n) is 8.29. The highest BCUT2D eigenvalue weighted by atomic mass is 35.5. The number of H-pyrrole nitrogens is 1. The number of benzene rings is 2. The molecule has 1 aliphatic rings. The Morgan fingerprint density at radius 1 is 1.25 bits per heavy atom. The van der Waals surface area contributed by atoms with Gasteiger partial charge in [-0.2, -0.15) is 5.26 Å². The lowest BCUT2D eigenvalue weighted by molar-refractivity contribution is 0.379. The number of aromatic nitrogens is 2. The number of ether oxygens (including phenoxy) is 2. The van der Waals surface area contributed by atoms with Crippen LogP contribution in [-0.4, -0.2) is 17.3 Å². The van der Waals surface area contributed by atoms with E-state index in [9.17, 15) is 5.26 Å². The van der Waals surface area contributed by atoms with Gasteiger partial charge in [0.2, 0.25) is 11.8 Å². The summed E-state index contributed by atoms with van der Waals surface area (Å²) in [6, 6.07) is 14.9. The van der Waals surface area contributed by atoms with Crippen molar-refractivity contribution in [3.63, 3.8) is 0 Å². The monoisotopic (exact) mass is 412 g/mol. The van der Waals surface area contributed by atoms with Crippen LogP contribution in [0.25, 0.3) is 11.3 Å². The Kier molecular flexibility index (Phi) is 4.63. The van der Waals surface area contributed by atoms with Gasteiger partial charge in [-0.3, -0.25) is 5.10 Å². The molecule has 0 saturated carbocycles. The molecule has 0 radical (unpaired) electrons. The largest absolute Gasteiger partial charge is 0.497 e. The van der Waals surface area contributed by atoms with E-state index in [1.807, 2.05) is 24.3 Å². The molecule has 6 nitrogen and oxygen atoms in total. The number of hydrogen-bond acceptors (Lipinski definition) is 5. The van der Waals surface area contributed by atoms with E-state index in [0.717, 1.165) is 5.56 Å². The van der Waals surface area contributed by atoms with Gasteiger partial charge in [-0.1, -0.05) is 47.5 Å². The first-order chi connectivity index (χ1) is 13.5. The number of nitrogens with one attached hydrogen (secondary N) is 1. The summed E-state index contributed by atoms with van der Waals surface area (Å²) in [5, 5.41) is 17.7. The molecule has 8 heteroatoms. The lowest BCUT2D eigenvalue weighted by Gasteiger charge is -2.25. The van der Waals surface area contributed by atoms with Crippen LogP contribution in [0.4, 0.5) is 0 Å². The number of rotatable bonds is 3. The number of nitriles is 1. The molecule has 0 spiro atoms. The molecular weight excluding hydrogens is 399 g/mol. The minimum absolute atomic E-state index is 0.0141. The molecule has 0 aliphatic carbocycles. The number of halogens is 2. The first-order valence-corrected chi connectivity index (χ1v) is 9.05. The van der Waals surface area contributed by atoms with E-state index in [1.165, 1.54) is 0 Å². The predicted octanol–water partition coefficient (Wildman–Crippen LogP) is 4.61. The second-order valence-corrected chi connectivity index (χ2v) is 6.90. The van der Waals surface area contributed by atoms with E-state index < -0.39 is 5.92 Å². The predicted molar refractivity (Wildman–Crippen MR) is 106 cm³/mol. The summed E-state index contributed by atoms with van der Waals surface area (Å²) < 4.78 is 10.9. The van der Waals surface area contributed by atoms with Gasteiger partial charge in [-0.05, 0) is 23.8 Å². The molecule has 1 unspecified atom stereocenters. The van der Waals surface area contributed by atoms with Crippen molar-refractivity contribution >= 4 is 23.2 Å². The summed E-state index contributed by atoms with van der Waals surface area (Å²) >= 11 is 12.7. The third-order valence-electron chi connectivity index (χ3n) is 4.59. The second-order valence-electron chi connectivity index (χ2n) is 6.12. The summed E-state index contributed by atoms with van der Waals surface area (Å²) in [6.45, 7) is 0. The molecule has 1 atom stereocenters. The van der Waals surface area contributed by atoms with Gasteiger partial charge in [-0.15, -0.1) is 5.10 Å². The van der Waals surface area contributed by atoms with Gasteiger partial charge in [0.1, 0.15) is 17.4 Å². The van der Waals surface area contributed by atoms with Gasteiger partial charge in [0.05, 0.1) is 34.3 Å². The fourth-order valence-electron chi connectivity index (χ4n) is 3.30. The highest BCUT2D eigenvalue weighted by molar-refractivity contribution is 6.42. The second kappa shape index (κ2) is 7.12. The maximum atomic E-state index is 9.77. The Morgan fingerprint density at radius 2 is 2.04 bits per heavy atom. The SMILES string of the molecule is COc1cccc(-c2[nH]nc3c2C(c2cccc(Cl)c2Cl)C(C#N)=C(N)O3)c1.